The average Bonchev–Trinajstić information content (AvgIpc) is 2.89. The van der Waals surface area contributed by atoms with Crippen LogP contribution in [0.2, 0.25) is 5.02 Å². The molecule has 6 nitrogen and oxygen atoms in total. The summed E-state index contributed by atoms with van der Waals surface area (Å²) in [5.41, 5.74) is 2.90. The Balaban J connectivity index is 2.06. The van der Waals surface area contributed by atoms with Crippen molar-refractivity contribution in [1.82, 2.24) is 9.38 Å². The second-order valence-electron chi connectivity index (χ2n) is 5.25. The number of fused-ring (bicyclic) bond motifs is 1. The van der Waals surface area contributed by atoms with Crippen molar-refractivity contribution >= 4 is 34.7 Å². The minimum absolute atomic E-state index is 0.0289. The first-order chi connectivity index (χ1) is 11.6. The van der Waals surface area contributed by atoms with E-state index in [1.54, 1.807) is 28.7 Å². The summed E-state index contributed by atoms with van der Waals surface area (Å²) in [4.78, 5) is 16.1. The molecule has 0 aliphatic carbocycles. The fourth-order valence-corrected chi connectivity index (χ4v) is 2.44. The molecule has 2 heterocycles. The van der Waals surface area contributed by atoms with E-state index >= 15 is 0 Å². The van der Waals surface area contributed by atoms with E-state index in [4.69, 9.17) is 16.3 Å². The first-order valence-electron chi connectivity index (χ1n) is 7.28. The van der Waals surface area contributed by atoms with Crippen molar-refractivity contribution in [1.29, 1.82) is 0 Å². The highest BCUT2D eigenvalue weighted by Gasteiger charge is 2.16. The van der Waals surface area contributed by atoms with Crippen molar-refractivity contribution in [2.75, 3.05) is 7.11 Å². The zero-order valence-electron chi connectivity index (χ0n) is 13.2. The molecule has 0 aliphatic heterocycles. The zero-order chi connectivity index (χ0) is 17.1. The van der Waals surface area contributed by atoms with Gasteiger partial charge in [0.2, 0.25) is 0 Å². The Bertz CT molecular complexity index is 933. The standard InChI is InChI=1S/C17H15ClN4O2/c1-11-6-7-22-15(8-11)19-14(10-16(23)24-2)17(22)21-20-13-5-3-4-12(18)9-13/h3-9H,10H2,1-2H3. The van der Waals surface area contributed by atoms with Gasteiger partial charge < -0.3 is 4.74 Å². The molecule has 0 saturated heterocycles. The summed E-state index contributed by atoms with van der Waals surface area (Å²) in [6.07, 6.45) is 1.88. The molecule has 0 unspecified atom stereocenters. The summed E-state index contributed by atoms with van der Waals surface area (Å²) in [6, 6.07) is 10.9. The van der Waals surface area contributed by atoms with Gasteiger partial charge in [0, 0.05) is 11.2 Å². The first kappa shape index (κ1) is 16.1. The van der Waals surface area contributed by atoms with E-state index in [0.717, 1.165) is 5.56 Å². The lowest BCUT2D eigenvalue weighted by molar-refractivity contribution is -0.139. The number of hydrogen-bond donors (Lipinski definition) is 0. The number of hydrogen-bond acceptors (Lipinski definition) is 5. The van der Waals surface area contributed by atoms with E-state index in [-0.39, 0.29) is 12.4 Å². The van der Waals surface area contributed by atoms with Crippen molar-refractivity contribution < 1.29 is 9.53 Å². The van der Waals surface area contributed by atoms with Crippen molar-refractivity contribution in [3.8, 4) is 0 Å². The number of nitrogens with zero attached hydrogens (tertiary/aromatic N) is 4. The van der Waals surface area contributed by atoms with Crippen LogP contribution in [0.25, 0.3) is 5.65 Å². The fraction of sp³-hybridized carbons (Fsp3) is 0.176. The Morgan fingerprint density at radius 3 is 2.88 bits per heavy atom. The number of halogens is 1. The maximum atomic E-state index is 11.6. The normalized spacial score (nSPS) is 11.3. The molecule has 3 rings (SSSR count). The first-order valence-corrected chi connectivity index (χ1v) is 7.66. The van der Waals surface area contributed by atoms with Gasteiger partial charge in [-0.15, -0.1) is 10.2 Å². The lowest BCUT2D eigenvalue weighted by Crippen LogP contribution is -2.04. The molecule has 0 saturated carbocycles. The minimum Gasteiger partial charge on any atom is -0.469 e. The van der Waals surface area contributed by atoms with Gasteiger partial charge in [-0.05, 0) is 42.8 Å². The van der Waals surface area contributed by atoms with Crippen LogP contribution in [0.15, 0.2) is 52.8 Å². The molecule has 0 amide bonds. The van der Waals surface area contributed by atoms with E-state index in [1.807, 2.05) is 25.3 Å². The highest BCUT2D eigenvalue weighted by molar-refractivity contribution is 6.30. The van der Waals surface area contributed by atoms with E-state index in [0.29, 0.717) is 27.9 Å². The number of esters is 1. The molecule has 7 heteroatoms. The summed E-state index contributed by atoms with van der Waals surface area (Å²) in [7, 11) is 1.34. The van der Waals surface area contributed by atoms with Crippen LogP contribution in [0.1, 0.15) is 11.3 Å². The number of rotatable bonds is 4. The minimum atomic E-state index is -0.380. The Morgan fingerprint density at radius 2 is 2.12 bits per heavy atom. The molecule has 0 bridgehead atoms. The van der Waals surface area contributed by atoms with E-state index in [9.17, 15) is 4.79 Å². The van der Waals surface area contributed by atoms with E-state index in [1.165, 1.54) is 7.11 Å². The molecule has 122 valence electrons. The average molecular weight is 343 g/mol. The molecule has 1 aromatic carbocycles. The number of imidazole rings is 1. The molecular formula is C17H15ClN4O2. The zero-order valence-corrected chi connectivity index (χ0v) is 14.0. The summed E-state index contributed by atoms with van der Waals surface area (Å²) >= 11 is 5.96. The van der Waals surface area contributed by atoms with Crippen molar-refractivity contribution in [3.05, 3.63) is 58.9 Å². The van der Waals surface area contributed by atoms with Gasteiger partial charge in [-0.2, -0.15) is 0 Å². The lowest BCUT2D eigenvalue weighted by atomic mass is 10.3. The van der Waals surface area contributed by atoms with E-state index in [2.05, 4.69) is 15.2 Å². The number of ether oxygens (including phenoxy) is 1. The molecule has 0 fully saturated rings. The molecule has 0 aliphatic rings. The third kappa shape index (κ3) is 3.44. The monoisotopic (exact) mass is 342 g/mol. The predicted octanol–water partition coefficient (Wildman–Crippen LogP) is 4.43. The van der Waals surface area contributed by atoms with Gasteiger partial charge in [0.05, 0.1) is 24.9 Å². The molecule has 2 aromatic heterocycles. The second-order valence-corrected chi connectivity index (χ2v) is 5.68. The number of aromatic nitrogens is 2. The van der Waals surface area contributed by atoms with Crippen molar-refractivity contribution in [3.63, 3.8) is 0 Å². The van der Waals surface area contributed by atoms with Crippen molar-refractivity contribution in [2.45, 2.75) is 13.3 Å². The summed E-state index contributed by atoms with van der Waals surface area (Å²) in [5, 5.41) is 9.06. The highest BCUT2D eigenvalue weighted by Crippen LogP contribution is 2.26. The number of aryl methyl sites for hydroxylation is 1. The quantitative estimate of drug-likeness (QED) is 0.520. The summed E-state index contributed by atoms with van der Waals surface area (Å²) < 4.78 is 6.52. The van der Waals surface area contributed by atoms with E-state index < -0.39 is 0 Å². The number of benzene rings is 1. The predicted molar refractivity (Wildman–Crippen MR) is 91.3 cm³/mol. The molecule has 0 N–H and O–H groups in total. The van der Waals surface area contributed by atoms with Crippen LogP contribution in [0.3, 0.4) is 0 Å². The van der Waals surface area contributed by atoms with Crippen LogP contribution in [-0.2, 0) is 16.0 Å². The highest BCUT2D eigenvalue weighted by atomic mass is 35.5. The lowest BCUT2D eigenvalue weighted by Gasteiger charge is -1.99. The number of azo groups is 1. The van der Waals surface area contributed by atoms with Crippen LogP contribution in [-0.4, -0.2) is 22.5 Å². The summed E-state index contributed by atoms with van der Waals surface area (Å²) in [6.45, 7) is 1.97. The fourth-order valence-electron chi connectivity index (χ4n) is 2.26. The van der Waals surface area contributed by atoms with Crippen molar-refractivity contribution in [2.24, 2.45) is 10.2 Å². The second kappa shape index (κ2) is 6.80. The number of pyridine rings is 1. The Hall–Kier alpha value is -2.73. The Labute approximate surface area is 143 Å². The van der Waals surface area contributed by atoms with Gasteiger partial charge in [0.25, 0.3) is 0 Å². The van der Waals surface area contributed by atoms with Crippen LogP contribution < -0.4 is 0 Å². The van der Waals surface area contributed by atoms with Gasteiger partial charge >= 0.3 is 5.97 Å². The van der Waals surface area contributed by atoms with Crippen LogP contribution >= 0.6 is 11.6 Å². The molecule has 0 atom stereocenters. The maximum absolute atomic E-state index is 11.6. The molecule has 24 heavy (non-hydrogen) atoms. The van der Waals surface area contributed by atoms with Crippen LogP contribution in [0.4, 0.5) is 11.5 Å². The molecule has 0 spiro atoms. The molecule has 0 radical (unpaired) electrons. The Kier molecular flexibility index (Phi) is 4.57. The number of methoxy groups -OCH3 is 1. The third-order valence-corrected chi connectivity index (χ3v) is 3.67. The van der Waals surface area contributed by atoms with Gasteiger partial charge in [-0.1, -0.05) is 17.7 Å². The topological polar surface area (TPSA) is 68.3 Å². The number of carbonyl (C=O) groups is 1. The SMILES string of the molecule is COC(=O)Cc1nc2cc(C)ccn2c1N=Nc1cccc(Cl)c1. The Morgan fingerprint density at radius 1 is 1.29 bits per heavy atom. The smallest absolute Gasteiger partial charge is 0.311 e. The van der Waals surface area contributed by atoms with Crippen LogP contribution in [0, 0.1) is 6.92 Å². The maximum Gasteiger partial charge on any atom is 0.311 e. The van der Waals surface area contributed by atoms with Gasteiger partial charge in [0.15, 0.2) is 5.82 Å². The van der Waals surface area contributed by atoms with Gasteiger partial charge in [0.1, 0.15) is 5.65 Å². The van der Waals surface area contributed by atoms with Crippen LogP contribution in [0.5, 0.6) is 0 Å². The molecule has 3 aromatic rings. The summed E-state index contributed by atoms with van der Waals surface area (Å²) in [5.74, 6) is 0.115. The number of carbonyl (C=O) groups excluding carboxylic acids is 1. The van der Waals surface area contributed by atoms with Gasteiger partial charge in [-0.25, -0.2) is 4.98 Å². The van der Waals surface area contributed by atoms with Gasteiger partial charge in [-0.3, -0.25) is 9.20 Å². The largest absolute Gasteiger partial charge is 0.469 e. The third-order valence-electron chi connectivity index (χ3n) is 3.43. The molecular weight excluding hydrogens is 328 g/mol.